The first-order valence-electron chi connectivity index (χ1n) is 9.71. The van der Waals surface area contributed by atoms with Gasteiger partial charge in [0.2, 0.25) is 11.8 Å². The molecule has 31 heavy (non-hydrogen) atoms. The van der Waals surface area contributed by atoms with Crippen molar-refractivity contribution in [1.29, 1.82) is 0 Å². The van der Waals surface area contributed by atoms with Crippen LogP contribution in [0.4, 0.5) is 11.6 Å². The van der Waals surface area contributed by atoms with Gasteiger partial charge in [-0.05, 0) is 49.1 Å². The fourth-order valence-electron chi connectivity index (χ4n) is 3.31. The second-order valence-electron chi connectivity index (χ2n) is 7.11. The SMILES string of the molecule is CCc1noc(NC(C)=O)c1-c1ccc(OC)c(S(=O)(=O)Nc2c(C)cccc2C)c1. The van der Waals surface area contributed by atoms with Crippen LogP contribution in [0.3, 0.4) is 0 Å². The number of anilines is 2. The summed E-state index contributed by atoms with van der Waals surface area (Å²) in [6, 6.07) is 10.3. The zero-order valence-corrected chi connectivity index (χ0v) is 18.9. The lowest BCUT2D eigenvalue weighted by atomic mass is 10.0. The summed E-state index contributed by atoms with van der Waals surface area (Å²) in [5.74, 6) is 0.0387. The van der Waals surface area contributed by atoms with Crippen molar-refractivity contribution in [3.8, 4) is 16.9 Å². The maximum atomic E-state index is 13.3. The molecule has 8 nitrogen and oxygen atoms in total. The summed E-state index contributed by atoms with van der Waals surface area (Å²) in [5, 5.41) is 6.61. The molecule has 9 heteroatoms. The van der Waals surface area contributed by atoms with E-state index in [2.05, 4.69) is 15.2 Å². The minimum Gasteiger partial charge on any atom is -0.495 e. The van der Waals surface area contributed by atoms with Crippen LogP contribution in [0, 0.1) is 13.8 Å². The van der Waals surface area contributed by atoms with Crippen molar-refractivity contribution < 1.29 is 22.5 Å². The molecule has 0 unspecified atom stereocenters. The highest BCUT2D eigenvalue weighted by atomic mass is 32.2. The third-order valence-electron chi connectivity index (χ3n) is 4.85. The molecule has 0 aliphatic rings. The fraction of sp³-hybridized carbons (Fsp3) is 0.273. The average molecular weight is 444 g/mol. The van der Waals surface area contributed by atoms with E-state index in [1.807, 2.05) is 39.0 Å². The van der Waals surface area contributed by atoms with Gasteiger partial charge in [0.05, 0.1) is 24.1 Å². The van der Waals surface area contributed by atoms with Gasteiger partial charge in [0.15, 0.2) is 0 Å². The van der Waals surface area contributed by atoms with Crippen LogP contribution in [-0.4, -0.2) is 26.6 Å². The summed E-state index contributed by atoms with van der Waals surface area (Å²) >= 11 is 0. The Bertz CT molecular complexity index is 1210. The van der Waals surface area contributed by atoms with Crippen LogP contribution < -0.4 is 14.8 Å². The predicted molar refractivity (Wildman–Crippen MR) is 119 cm³/mol. The number of methoxy groups -OCH3 is 1. The van der Waals surface area contributed by atoms with Gasteiger partial charge in [-0.3, -0.25) is 14.8 Å². The van der Waals surface area contributed by atoms with Crippen molar-refractivity contribution in [2.75, 3.05) is 17.1 Å². The molecule has 1 aromatic heterocycles. The number of nitrogens with zero attached hydrogens (tertiary/aromatic N) is 1. The quantitative estimate of drug-likeness (QED) is 0.564. The number of hydrogen-bond acceptors (Lipinski definition) is 6. The van der Waals surface area contributed by atoms with Gasteiger partial charge in [0.25, 0.3) is 10.0 Å². The van der Waals surface area contributed by atoms with E-state index < -0.39 is 10.0 Å². The van der Waals surface area contributed by atoms with Gasteiger partial charge >= 0.3 is 0 Å². The number of hydrogen-bond donors (Lipinski definition) is 2. The summed E-state index contributed by atoms with van der Waals surface area (Å²) < 4.78 is 39.9. The number of benzene rings is 2. The third-order valence-corrected chi connectivity index (χ3v) is 6.22. The van der Waals surface area contributed by atoms with E-state index in [9.17, 15) is 13.2 Å². The Hall–Kier alpha value is -3.33. The number of ether oxygens (including phenoxy) is 1. The topological polar surface area (TPSA) is 111 Å². The van der Waals surface area contributed by atoms with E-state index >= 15 is 0 Å². The molecule has 3 aromatic rings. The summed E-state index contributed by atoms with van der Waals surface area (Å²) in [6.45, 7) is 6.92. The molecule has 2 N–H and O–H groups in total. The molecule has 1 amide bonds. The Labute approximate surface area is 181 Å². The largest absolute Gasteiger partial charge is 0.495 e. The second kappa shape index (κ2) is 8.81. The number of sulfonamides is 1. The van der Waals surface area contributed by atoms with Crippen LogP contribution in [0.25, 0.3) is 11.1 Å². The number of nitrogens with one attached hydrogen (secondary N) is 2. The van der Waals surface area contributed by atoms with E-state index in [0.717, 1.165) is 11.1 Å². The molecule has 0 saturated heterocycles. The highest BCUT2D eigenvalue weighted by molar-refractivity contribution is 7.92. The molecule has 3 rings (SSSR count). The molecule has 0 bridgehead atoms. The molecule has 0 aliphatic heterocycles. The van der Waals surface area contributed by atoms with Crippen molar-refractivity contribution in [2.45, 2.75) is 39.0 Å². The predicted octanol–water partition coefficient (Wildman–Crippen LogP) is 4.29. The number of para-hydroxylation sites is 1. The lowest BCUT2D eigenvalue weighted by molar-refractivity contribution is -0.114. The molecular weight excluding hydrogens is 418 g/mol. The molecule has 0 radical (unpaired) electrons. The van der Waals surface area contributed by atoms with Gasteiger partial charge < -0.3 is 9.26 Å². The van der Waals surface area contributed by atoms with Gasteiger partial charge in [-0.25, -0.2) is 8.42 Å². The Morgan fingerprint density at radius 1 is 1.16 bits per heavy atom. The average Bonchev–Trinajstić information content (AvgIpc) is 3.12. The van der Waals surface area contributed by atoms with Crippen LogP contribution in [0.5, 0.6) is 5.75 Å². The van der Waals surface area contributed by atoms with E-state index in [0.29, 0.717) is 28.9 Å². The number of carbonyl (C=O) groups is 1. The molecular formula is C22H25N3O5S. The van der Waals surface area contributed by atoms with Gasteiger partial charge in [-0.1, -0.05) is 36.3 Å². The van der Waals surface area contributed by atoms with Crippen molar-refractivity contribution in [3.05, 3.63) is 53.2 Å². The Morgan fingerprint density at radius 2 is 1.84 bits per heavy atom. The van der Waals surface area contributed by atoms with Crippen LogP contribution in [0.1, 0.15) is 30.7 Å². The third kappa shape index (κ3) is 4.56. The van der Waals surface area contributed by atoms with Gasteiger partial charge in [0, 0.05) is 6.92 Å². The van der Waals surface area contributed by atoms with Gasteiger partial charge in [-0.2, -0.15) is 0 Å². The summed E-state index contributed by atoms with van der Waals surface area (Å²) in [7, 11) is -2.57. The number of amides is 1. The Balaban J connectivity index is 2.14. The summed E-state index contributed by atoms with van der Waals surface area (Å²) in [6.07, 6.45) is 0.535. The minimum atomic E-state index is -3.98. The Kier molecular flexibility index (Phi) is 6.35. The number of aromatic nitrogens is 1. The van der Waals surface area contributed by atoms with Crippen LogP contribution in [0.15, 0.2) is 45.8 Å². The lowest BCUT2D eigenvalue weighted by Gasteiger charge is -2.16. The van der Waals surface area contributed by atoms with E-state index in [1.165, 1.54) is 20.1 Å². The minimum absolute atomic E-state index is 0.0350. The van der Waals surface area contributed by atoms with Crippen molar-refractivity contribution in [3.63, 3.8) is 0 Å². The normalized spacial score (nSPS) is 11.3. The molecule has 0 spiro atoms. The monoisotopic (exact) mass is 443 g/mol. The van der Waals surface area contributed by atoms with Crippen molar-refractivity contribution in [1.82, 2.24) is 5.16 Å². The van der Waals surface area contributed by atoms with E-state index in [1.54, 1.807) is 12.1 Å². The first-order valence-corrected chi connectivity index (χ1v) is 11.2. The molecule has 0 aliphatic carbocycles. The number of rotatable bonds is 7. The molecule has 0 atom stereocenters. The molecule has 2 aromatic carbocycles. The van der Waals surface area contributed by atoms with Gasteiger partial charge in [0.1, 0.15) is 10.6 Å². The Morgan fingerprint density at radius 3 is 2.42 bits per heavy atom. The number of aryl methyl sites for hydroxylation is 3. The van der Waals surface area contributed by atoms with Crippen molar-refractivity contribution >= 4 is 27.5 Å². The van der Waals surface area contributed by atoms with Crippen LogP contribution in [0.2, 0.25) is 0 Å². The highest BCUT2D eigenvalue weighted by Crippen LogP contribution is 2.37. The number of carbonyl (C=O) groups excluding carboxylic acids is 1. The van der Waals surface area contributed by atoms with Crippen LogP contribution >= 0.6 is 0 Å². The molecule has 0 fully saturated rings. The maximum Gasteiger partial charge on any atom is 0.265 e. The van der Waals surface area contributed by atoms with E-state index in [-0.39, 0.29) is 22.4 Å². The highest BCUT2D eigenvalue weighted by Gasteiger charge is 2.25. The first kappa shape index (κ1) is 22.4. The zero-order valence-electron chi connectivity index (χ0n) is 18.1. The molecule has 1 heterocycles. The zero-order chi connectivity index (χ0) is 22.8. The first-order chi connectivity index (χ1) is 14.7. The van der Waals surface area contributed by atoms with E-state index in [4.69, 9.17) is 9.26 Å². The van der Waals surface area contributed by atoms with Crippen LogP contribution in [-0.2, 0) is 21.2 Å². The smallest absolute Gasteiger partial charge is 0.265 e. The summed E-state index contributed by atoms with van der Waals surface area (Å²) in [4.78, 5) is 11.5. The molecule has 0 saturated carbocycles. The fourth-order valence-corrected chi connectivity index (χ4v) is 4.71. The van der Waals surface area contributed by atoms with Gasteiger partial charge in [-0.15, -0.1) is 0 Å². The maximum absolute atomic E-state index is 13.3. The second-order valence-corrected chi connectivity index (χ2v) is 8.76. The lowest BCUT2D eigenvalue weighted by Crippen LogP contribution is -2.16. The standard InChI is InChI=1S/C22H25N3O5S/c1-6-17-20(22(30-24-17)23-15(4)26)16-10-11-18(29-5)19(12-16)31(27,28)25-21-13(2)8-7-9-14(21)3/h7-12,25H,6H2,1-5H3,(H,23,26). The molecule has 164 valence electrons. The van der Waals surface area contributed by atoms with Crippen molar-refractivity contribution in [2.24, 2.45) is 0 Å². The summed E-state index contributed by atoms with van der Waals surface area (Å²) in [5.41, 5.74) is 3.79.